The Hall–Kier alpha value is -1.17. The van der Waals surface area contributed by atoms with Crippen LogP contribution in [0, 0.1) is 5.92 Å². The molecule has 2 N–H and O–H groups in total. The van der Waals surface area contributed by atoms with Crippen LogP contribution in [0.25, 0.3) is 0 Å². The minimum absolute atomic E-state index is 0.0583. The molecule has 5 nitrogen and oxygen atoms in total. The first-order valence-corrected chi connectivity index (χ1v) is 8.85. The number of aliphatic hydroxyl groups is 1. The van der Waals surface area contributed by atoms with Gasteiger partial charge in [0.05, 0.1) is 17.7 Å². The maximum Gasteiger partial charge on any atom is 0.239 e. The molecule has 2 fully saturated rings. The number of carbonyl (C=O) groups excluding carboxylic acids is 1. The first kappa shape index (κ1) is 16.7. The first-order chi connectivity index (χ1) is 11.1. The molecule has 2 heterocycles. The Morgan fingerprint density at radius 2 is 2.13 bits per heavy atom. The minimum atomic E-state index is -0.213. The Bertz CT molecular complexity index is 537. The van der Waals surface area contributed by atoms with Crippen LogP contribution < -0.4 is 5.32 Å². The first-order valence-electron chi connectivity index (χ1n) is 8.47. The highest BCUT2D eigenvalue weighted by Gasteiger charge is 2.37. The molecule has 1 aliphatic heterocycles. The molecule has 3 atom stereocenters. The minimum Gasteiger partial charge on any atom is -0.393 e. The molecule has 0 bridgehead atoms. The van der Waals surface area contributed by atoms with Gasteiger partial charge in [-0.15, -0.1) is 0 Å². The predicted molar refractivity (Wildman–Crippen MR) is 90.4 cm³/mol. The van der Waals surface area contributed by atoms with E-state index in [-0.39, 0.29) is 12.0 Å². The van der Waals surface area contributed by atoms with E-state index in [0.29, 0.717) is 29.3 Å². The molecule has 1 aliphatic carbocycles. The van der Waals surface area contributed by atoms with Crippen molar-refractivity contribution in [3.63, 3.8) is 0 Å². The Labute approximate surface area is 142 Å². The number of aliphatic hydroxyl groups excluding tert-OH is 1. The summed E-state index contributed by atoms with van der Waals surface area (Å²) in [6, 6.07) is 3.74. The van der Waals surface area contributed by atoms with Gasteiger partial charge >= 0.3 is 0 Å². The maximum absolute atomic E-state index is 12.3. The van der Waals surface area contributed by atoms with E-state index in [1.165, 1.54) is 12.6 Å². The van der Waals surface area contributed by atoms with E-state index >= 15 is 0 Å². The molecule has 1 aromatic heterocycles. The largest absolute Gasteiger partial charge is 0.393 e. The van der Waals surface area contributed by atoms with E-state index in [1.807, 2.05) is 0 Å². The van der Waals surface area contributed by atoms with Crippen molar-refractivity contribution >= 4 is 23.3 Å². The lowest BCUT2D eigenvalue weighted by Gasteiger charge is -2.36. The number of hydrogen-bond donors (Lipinski definition) is 2. The topological polar surface area (TPSA) is 65.5 Å². The van der Waals surface area contributed by atoms with E-state index in [1.54, 1.807) is 12.1 Å². The van der Waals surface area contributed by atoms with Gasteiger partial charge in [-0.3, -0.25) is 9.69 Å². The van der Waals surface area contributed by atoms with Gasteiger partial charge in [0.2, 0.25) is 5.91 Å². The number of pyridine rings is 1. The van der Waals surface area contributed by atoms with Crippen LogP contribution in [0.2, 0.25) is 5.02 Å². The monoisotopic (exact) mass is 337 g/mol. The SMILES string of the molecule is O=C(CN1CCC[C@@H]1[C@H]1CCCC[C@H]1O)Nc1ccc(Cl)cn1. The van der Waals surface area contributed by atoms with Gasteiger partial charge in [0.25, 0.3) is 0 Å². The molecule has 0 spiro atoms. The molecule has 0 unspecified atom stereocenters. The number of nitrogens with zero attached hydrogens (tertiary/aromatic N) is 2. The smallest absolute Gasteiger partial charge is 0.239 e. The third-order valence-corrected chi connectivity index (χ3v) is 5.26. The summed E-state index contributed by atoms with van der Waals surface area (Å²) in [6.07, 6.45) is 7.76. The number of hydrogen-bond acceptors (Lipinski definition) is 4. The lowest BCUT2D eigenvalue weighted by Crippen LogP contribution is -2.45. The zero-order valence-electron chi connectivity index (χ0n) is 13.2. The normalized spacial score (nSPS) is 28.7. The summed E-state index contributed by atoms with van der Waals surface area (Å²) in [5.41, 5.74) is 0. The van der Waals surface area contributed by atoms with Crippen LogP contribution in [0.1, 0.15) is 38.5 Å². The fourth-order valence-corrected chi connectivity index (χ4v) is 4.05. The van der Waals surface area contributed by atoms with Gasteiger partial charge in [0.1, 0.15) is 5.82 Å². The van der Waals surface area contributed by atoms with Gasteiger partial charge in [-0.2, -0.15) is 0 Å². The number of likely N-dealkylation sites (tertiary alicyclic amines) is 1. The van der Waals surface area contributed by atoms with E-state index < -0.39 is 0 Å². The number of halogens is 1. The number of nitrogens with one attached hydrogen (secondary N) is 1. The molecule has 1 saturated heterocycles. The zero-order chi connectivity index (χ0) is 16.2. The summed E-state index contributed by atoms with van der Waals surface area (Å²) in [6.45, 7) is 1.29. The molecule has 0 radical (unpaired) electrons. The van der Waals surface area contributed by atoms with Crippen molar-refractivity contribution in [1.29, 1.82) is 0 Å². The van der Waals surface area contributed by atoms with Gasteiger partial charge in [0.15, 0.2) is 0 Å². The van der Waals surface area contributed by atoms with Crippen molar-refractivity contribution in [2.45, 2.75) is 50.7 Å². The predicted octanol–water partition coefficient (Wildman–Crippen LogP) is 2.69. The summed E-state index contributed by atoms with van der Waals surface area (Å²) in [7, 11) is 0. The van der Waals surface area contributed by atoms with Gasteiger partial charge in [-0.1, -0.05) is 24.4 Å². The lowest BCUT2D eigenvalue weighted by atomic mass is 9.80. The van der Waals surface area contributed by atoms with Crippen LogP contribution >= 0.6 is 11.6 Å². The summed E-state index contributed by atoms with van der Waals surface area (Å²) >= 11 is 5.80. The molecule has 2 aliphatic rings. The van der Waals surface area contributed by atoms with E-state index in [9.17, 15) is 9.90 Å². The fraction of sp³-hybridized carbons (Fsp3) is 0.647. The summed E-state index contributed by atoms with van der Waals surface area (Å²) in [5.74, 6) is 0.776. The number of aromatic nitrogens is 1. The average Bonchev–Trinajstić information content (AvgIpc) is 2.98. The quantitative estimate of drug-likeness (QED) is 0.886. The summed E-state index contributed by atoms with van der Waals surface area (Å²) in [4.78, 5) is 18.6. The highest BCUT2D eigenvalue weighted by Crippen LogP contribution is 2.34. The van der Waals surface area contributed by atoms with E-state index in [2.05, 4.69) is 15.2 Å². The number of amides is 1. The number of anilines is 1. The summed E-state index contributed by atoms with van der Waals surface area (Å²) in [5, 5.41) is 13.7. The molecule has 0 aromatic carbocycles. The molecule has 3 rings (SSSR count). The van der Waals surface area contributed by atoms with Crippen LogP contribution in [0.5, 0.6) is 0 Å². The third-order valence-electron chi connectivity index (χ3n) is 5.03. The highest BCUT2D eigenvalue weighted by atomic mass is 35.5. The van der Waals surface area contributed by atoms with Crippen LogP contribution in [0.15, 0.2) is 18.3 Å². The van der Waals surface area contributed by atoms with Crippen molar-refractivity contribution in [2.24, 2.45) is 5.92 Å². The van der Waals surface area contributed by atoms with Crippen LogP contribution in [-0.4, -0.2) is 46.1 Å². The van der Waals surface area contributed by atoms with Gasteiger partial charge < -0.3 is 10.4 Å². The Morgan fingerprint density at radius 3 is 2.87 bits per heavy atom. The molecule has 23 heavy (non-hydrogen) atoms. The van der Waals surface area contributed by atoms with Gasteiger partial charge in [-0.25, -0.2) is 4.98 Å². The second kappa shape index (κ2) is 7.60. The Kier molecular flexibility index (Phi) is 5.51. The van der Waals surface area contributed by atoms with Crippen LogP contribution in [0.4, 0.5) is 5.82 Å². The van der Waals surface area contributed by atoms with Gasteiger partial charge in [0, 0.05) is 18.2 Å². The van der Waals surface area contributed by atoms with Crippen LogP contribution in [-0.2, 0) is 4.79 Å². The molecule has 126 valence electrons. The molecular weight excluding hydrogens is 314 g/mol. The third kappa shape index (κ3) is 4.22. The molecular formula is C17H24ClN3O2. The zero-order valence-corrected chi connectivity index (χ0v) is 14.0. The fourth-order valence-electron chi connectivity index (χ4n) is 3.94. The van der Waals surface area contributed by atoms with E-state index in [4.69, 9.17) is 11.6 Å². The van der Waals surface area contributed by atoms with Crippen LogP contribution in [0.3, 0.4) is 0 Å². The van der Waals surface area contributed by atoms with Crippen molar-refractivity contribution in [1.82, 2.24) is 9.88 Å². The van der Waals surface area contributed by atoms with Crippen molar-refractivity contribution < 1.29 is 9.90 Å². The van der Waals surface area contributed by atoms with E-state index in [0.717, 1.165) is 38.6 Å². The summed E-state index contributed by atoms with van der Waals surface area (Å²) < 4.78 is 0. The standard InChI is InChI=1S/C17H24ClN3O2/c18-12-7-8-16(19-10-12)20-17(23)11-21-9-3-5-14(21)13-4-1-2-6-15(13)22/h7-8,10,13-15,22H,1-6,9,11H2,(H,19,20,23)/t13-,14-,15-/m1/s1. The highest BCUT2D eigenvalue weighted by molar-refractivity contribution is 6.30. The molecule has 1 aromatic rings. The molecule has 1 saturated carbocycles. The lowest BCUT2D eigenvalue weighted by molar-refractivity contribution is -0.118. The number of rotatable bonds is 4. The van der Waals surface area contributed by atoms with Crippen molar-refractivity contribution in [3.05, 3.63) is 23.4 Å². The second-order valence-corrected chi connectivity index (χ2v) is 7.04. The Balaban J connectivity index is 1.57. The van der Waals surface area contributed by atoms with Crippen molar-refractivity contribution in [2.75, 3.05) is 18.4 Å². The molecule has 1 amide bonds. The van der Waals surface area contributed by atoms with Gasteiger partial charge in [-0.05, 0) is 44.4 Å². The van der Waals surface area contributed by atoms with Crippen molar-refractivity contribution in [3.8, 4) is 0 Å². The maximum atomic E-state index is 12.3. The Morgan fingerprint density at radius 1 is 1.30 bits per heavy atom. The molecule has 6 heteroatoms. The average molecular weight is 338 g/mol. The number of carbonyl (C=O) groups is 1. The second-order valence-electron chi connectivity index (χ2n) is 6.61.